The Morgan fingerprint density at radius 3 is 2.56 bits per heavy atom. The topological polar surface area (TPSA) is 54.9 Å². The molecule has 0 amide bonds. The highest BCUT2D eigenvalue weighted by atomic mass is 19.4. The van der Waals surface area contributed by atoms with Gasteiger partial charge in [0.25, 0.3) is 0 Å². The van der Waals surface area contributed by atoms with Crippen molar-refractivity contribution in [1.29, 1.82) is 0 Å². The highest BCUT2D eigenvalue weighted by Gasteiger charge is 2.30. The number of rotatable bonds is 6. The molecule has 0 aliphatic carbocycles. The van der Waals surface area contributed by atoms with E-state index in [1.54, 1.807) is 7.05 Å². The quantitative estimate of drug-likeness (QED) is 0.466. The minimum atomic E-state index is -4.34. The monoisotopic (exact) mass is 359 g/mol. The number of alkyl halides is 3. The average molecular weight is 359 g/mol. The molecule has 0 bridgehead atoms. The van der Waals surface area contributed by atoms with Crippen LogP contribution in [0.3, 0.4) is 0 Å². The first kappa shape index (κ1) is 19.4. The summed E-state index contributed by atoms with van der Waals surface area (Å²) in [5.74, 6) is 1.03. The van der Waals surface area contributed by atoms with E-state index in [1.807, 2.05) is 0 Å². The van der Waals surface area contributed by atoms with Crippen molar-refractivity contribution in [3.63, 3.8) is 0 Å². The Labute approximate surface area is 145 Å². The molecule has 0 aromatic heterocycles. The molecule has 140 valence electrons. The van der Waals surface area contributed by atoms with Gasteiger partial charge in [-0.05, 0) is 44.0 Å². The van der Waals surface area contributed by atoms with E-state index in [-0.39, 0.29) is 5.60 Å². The molecule has 1 aliphatic heterocycles. The van der Waals surface area contributed by atoms with Crippen LogP contribution >= 0.6 is 0 Å². The lowest BCUT2D eigenvalue weighted by Gasteiger charge is -2.24. The van der Waals surface area contributed by atoms with Gasteiger partial charge in [0, 0.05) is 20.2 Å². The summed E-state index contributed by atoms with van der Waals surface area (Å²) in [5, 5.41) is 6.30. The second-order valence-electron chi connectivity index (χ2n) is 6.13. The molecule has 1 unspecified atom stereocenters. The van der Waals surface area contributed by atoms with E-state index >= 15 is 0 Å². The molecular formula is C17H24F3N3O2. The van der Waals surface area contributed by atoms with Gasteiger partial charge >= 0.3 is 6.18 Å². The maximum Gasteiger partial charge on any atom is 0.416 e. The normalized spacial score (nSPS) is 21.2. The summed E-state index contributed by atoms with van der Waals surface area (Å²) in [5.41, 5.74) is -0.862. The molecule has 1 saturated heterocycles. The first-order chi connectivity index (χ1) is 11.8. The molecular weight excluding hydrogens is 335 g/mol. The summed E-state index contributed by atoms with van der Waals surface area (Å²) in [6, 6.07) is 4.64. The van der Waals surface area contributed by atoms with Crippen molar-refractivity contribution in [2.45, 2.75) is 31.5 Å². The van der Waals surface area contributed by atoms with Crippen LogP contribution in [0.2, 0.25) is 0 Å². The van der Waals surface area contributed by atoms with Crippen molar-refractivity contribution in [3.05, 3.63) is 29.8 Å². The standard InChI is InChI=1S/C17H24F3N3O2/c1-16(8-3-10-25-16)12-23-15(21-2)22-9-11-24-14-6-4-13(5-7-14)17(18,19)20/h4-7H,3,8-12H2,1-2H3,(H2,21,22,23). The Balaban J connectivity index is 1.69. The van der Waals surface area contributed by atoms with Crippen molar-refractivity contribution >= 4 is 5.96 Å². The van der Waals surface area contributed by atoms with Crippen molar-refractivity contribution in [2.75, 3.05) is 33.4 Å². The largest absolute Gasteiger partial charge is 0.492 e. The van der Waals surface area contributed by atoms with Gasteiger partial charge in [0.05, 0.1) is 17.7 Å². The highest BCUT2D eigenvalue weighted by molar-refractivity contribution is 5.79. The van der Waals surface area contributed by atoms with Crippen LogP contribution in [-0.4, -0.2) is 44.9 Å². The van der Waals surface area contributed by atoms with Gasteiger partial charge in [0.1, 0.15) is 12.4 Å². The van der Waals surface area contributed by atoms with Crippen LogP contribution in [0.15, 0.2) is 29.3 Å². The lowest BCUT2D eigenvalue weighted by atomic mass is 10.0. The molecule has 1 aliphatic rings. The van der Waals surface area contributed by atoms with E-state index in [2.05, 4.69) is 22.5 Å². The maximum atomic E-state index is 12.5. The third kappa shape index (κ3) is 6.12. The first-order valence-electron chi connectivity index (χ1n) is 8.21. The minimum absolute atomic E-state index is 0.172. The zero-order valence-electron chi connectivity index (χ0n) is 14.4. The molecule has 1 fully saturated rings. The number of halogens is 3. The fraction of sp³-hybridized carbons (Fsp3) is 0.588. The van der Waals surface area contributed by atoms with Crippen molar-refractivity contribution in [2.24, 2.45) is 4.99 Å². The average Bonchev–Trinajstić information content (AvgIpc) is 3.01. The van der Waals surface area contributed by atoms with E-state index in [4.69, 9.17) is 9.47 Å². The van der Waals surface area contributed by atoms with Crippen molar-refractivity contribution in [3.8, 4) is 5.75 Å². The summed E-state index contributed by atoms with van der Waals surface area (Å²) in [6.07, 6.45) is -2.27. The Kier molecular flexibility index (Phi) is 6.52. The predicted octanol–water partition coefficient (Wildman–Crippen LogP) is 2.82. The molecule has 8 heteroatoms. The van der Waals surface area contributed by atoms with Gasteiger partial charge in [0.2, 0.25) is 0 Å². The molecule has 2 N–H and O–H groups in total. The Bertz CT molecular complexity index is 567. The SMILES string of the molecule is CN=C(NCCOc1ccc(C(F)(F)F)cc1)NCC1(C)CCCO1. The van der Waals surface area contributed by atoms with Gasteiger partial charge in [-0.25, -0.2) is 0 Å². The van der Waals surface area contributed by atoms with Crippen LogP contribution in [0.5, 0.6) is 5.75 Å². The number of guanidine groups is 1. The summed E-state index contributed by atoms with van der Waals surface area (Å²) in [4.78, 5) is 4.12. The molecule has 1 aromatic rings. The molecule has 0 saturated carbocycles. The first-order valence-corrected chi connectivity index (χ1v) is 8.21. The van der Waals surface area contributed by atoms with Gasteiger partial charge in [-0.1, -0.05) is 0 Å². The molecule has 0 spiro atoms. The molecule has 0 radical (unpaired) electrons. The Hall–Kier alpha value is -1.96. The lowest BCUT2D eigenvalue weighted by Crippen LogP contribution is -2.46. The van der Waals surface area contributed by atoms with Gasteiger partial charge in [-0.2, -0.15) is 13.2 Å². The van der Waals surface area contributed by atoms with E-state index in [0.717, 1.165) is 31.6 Å². The Morgan fingerprint density at radius 1 is 1.28 bits per heavy atom. The van der Waals surface area contributed by atoms with Gasteiger partial charge in [-0.15, -0.1) is 0 Å². The molecule has 1 aromatic carbocycles. The number of nitrogens with zero attached hydrogens (tertiary/aromatic N) is 1. The van der Waals surface area contributed by atoms with E-state index in [0.29, 0.717) is 31.4 Å². The lowest BCUT2D eigenvalue weighted by molar-refractivity contribution is -0.137. The second-order valence-corrected chi connectivity index (χ2v) is 6.13. The number of hydrogen-bond donors (Lipinski definition) is 2. The summed E-state index contributed by atoms with van der Waals surface area (Å²) < 4.78 is 48.6. The van der Waals surface area contributed by atoms with Crippen LogP contribution in [0.25, 0.3) is 0 Å². The van der Waals surface area contributed by atoms with E-state index in [1.165, 1.54) is 12.1 Å². The predicted molar refractivity (Wildman–Crippen MR) is 89.9 cm³/mol. The van der Waals surface area contributed by atoms with Crippen LogP contribution < -0.4 is 15.4 Å². The third-order valence-electron chi connectivity index (χ3n) is 4.00. The second kappa shape index (κ2) is 8.42. The molecule has 2 rings (SSSR count). The Morgan fingerprint density at radius 2 is 2.00 bits per heavy atom. The van der Waals surface area contributed by atoms with Gasteiger partial charge in [0.15, 0.2) is 5.96 Å². The fourth-order valence-corrected chi connectivity index (χ4v) is 2.55. The fourth-order valence-electron chi connectivity index (χ4n) is 2.55. The zero-order valence-corrected chi connectivity index (χ0v) is 14.4. The number of nitrogens with one attached hydrogen (secondary N) is 2. The molecule has 25 heavy (non-hydrogen) atoms. The minimum Gasteiger partial charge on any atom is -0.492 e. The number of hydrogen-bond acceptors (Lipinski definition) is 3. The summed E-state index contributed by atoms with van der Waals surface area (Å²) in [7, 11) is 1.67. The van der Waals surface area contributed by atoms with E-state index < -0.39 is 11.7 Å². The molecule has 5 nitrogen and oxygen atoms in total. The zero-order chi connectivity index (χ0) is 18.3. The van der Waals surface area contributed by atoms with Gasteiger partial charge in [-0.3, -0.25) is 4.99 Å². The summed E-state index contributed by atoms with van der Waals surface area (Å²) >= 11 is 0. The summed E-state index contributed by atoms with van der Waals surface area (Å²) in [6.45, 7) is 4.28. The van der Waals surface area contributed by atoms with Crippen LogP contribution in [-0.2, 0) is 10.9 Å². The van der Waals surface area contributed by atoms with Crippen molar-refractivity contribution in [1.82, 2.24) is 10.6 Å². The van der Waals surface area contributed by atoms with E-state index in [9.17, 15) is 13.2 Å². The van der Waals surface area contributed by atoms with Crippen molar-refractivity contribution < 1.29 is 22.6 Å². The van der Waals surface area contributed by atoms with Crippen LogP contribution in [0, 0.1) is 0 Å². The number of aliphatic imine (C=N–C) groups is 1. The maximum absolute atomic E-state index is 12.5. The van der Waals surface area contributed by atoms with Crippen LogP contribution in [0.1, 0.15) is 25.3 Å². The highest BCUT2D eigenvalue weighted by Crippen LogP contribution is 2.30. The number of ether oxygens (including phenoxy) is 2. The number of benzene rings is 1. The molecule has 1 heterocycles. The van der Waals surface area contributed by atoms with Gasteiger partial charge < -0.3 is 20.1 Å². The molecule has 1 atom stereocenters. The van der Waals surface area contributed by atoms with Crippen LogP contribution in [0.4, 0.5) is 13.2 Å². The smallest absolute Gasteiger partial charge is 0.416 e. The third-order valence-corrected chi connectivity index (χ3v) is 4.00.